The second-order valence-corrected chi connectivity index (χ2v) is 6.55. The third kappa shape index (κ3) is 2.63. The van der Waals surface area contributed by atoms with Gasteiger partial charge >= 0.3 is 0 Å². The van der Waals surface area contributed by atoms with E-state index in [-0.39, 0.29) is 12.0 Å². The Morgan fingerprint density at radius 3 is 3.10 bits per heavy atom. The van der Waals surface area contributed by atoms with E-state index in [1.165, 1.54) is 11.3 Å². The fraction of sp³-hybridized carbons (Fsp3) is 0.438. The van der Waals surface area contributed by atoms with Crippen molar-refractivity contribution in [1.29, 1.82) is 0 Å². The SMILES string of the molecule is CCC1CN(C(=O)c2sc3ccc(C)cc3c2N)CCO1. The highest BCUT2D eigenvalue weighted by Crippen LogP contribution is 2.35. The summed E-state index contributed by atoms with van der Waals surface area (Å²) in [5.74, 6) is 0.0353. The van der Waals surface area contributed by atoms with Gasteiger partial charge in [0, 0.05) is 23.2 Å². The Balaban J connectivity index is 1.92. The van der Waals surface area contributed by atoms with Crippen LogP contribution in [0.3, 0.4) is 0 Å². The monoisotopic (exact) mass is 304 g/mol. The molecule has 2 heterocycles. The van der Waals surface area contributed by atoms with E-state index in [9.17, 15) is 4.79 Å². The number of hydrogen-bond acceptors (Lipinski definition) is 4. The average Bonchev–Trinajstić information content (AvgIpc) is 2.83. The zero-order valence-electron chi connectivity index (χ0n) is 12.4. The second kappa shape index (κ2) is 5.66. The standard InChI is InChI=1S/C16H20N2O2S/c1-3-11-9-18(6-7-20-11)16(19)15-14(17)12-8-10(2)4-5-13(12)21-15/h4-5,8,11H,3,6-7,9,17H2,1-2H3. The number of nitrogen functional groups attached to an aromatic ring is 1. The summed E-state index contributed by atoms with van der Waals surface area (Å²) in [6, 6.07) is 6.14. The summed E-state index contributed by atoms with van der Waals surface area (Å²) in [7, 11) is 0. The molecular weight excluding hydrogens is 284 g/mol. The quantitative estimate of drug-likeness (QED) is 0.928. The Morgan fingerprint density at radius 1 is 1.52 bits per heavy atom. The lowest BCUT2D eigenvalue weighted by Crippen LogP contribution is -2.45. The summed E-state index contributed by atoms with van der Waals surface area (Å²) in [6.07, 6.45) is 1.06. The number of fused-ring (bicyclic) bond motifs is 1. The van der Waals surface area contributed by atoms with Crippen molar-refractivity contribution in [1.82, 2.24) is 4.90 Å². The van der Waals surface area contributed by atoms with E-state index in [2.05, 4.69) is 6.92 Å². The largest absolute Gasteiger partial charge is 0.397 e. The van der Waals surface area contributed by atoms with Gasteiger partial charge in [-0.1, -0.05) is 18.6 Å². The molecule has 1 aromatic carbocycles. The van der Waals surface area contributed by atoms with Crippen LogP contribution in [0.15, 0.2) is 18.2 Å². The van der Waals surface area contributed by atoms with Gasteiger partial charge in [-0.05, 0) is 25.5 Å². The first-order valence-electron chi connectivity index (χ1n) is 7.29. The molecule has 21 heavy (non-hydrogen) atoms. The van der Waals surface area contributed by atoms with Crippen LogP contribution in [0.5, 0.6) is 0 Å². The molecule has 1 saturated heterocycles. The van der Waals surface area contributed by atoms with Crippen molar-refractivity contribution < 1.29 is 9.53 Å². The van der Waals surface area contributed by atoms with Crippen LogP contribution in [0, 0.1) is 6.92 Å². The first-order valence-corrected chi connectivity index (χ1v) is 8.11. The molecule has 1 atom stereocenters. The van der Waals surface area contributed by atoms with Crippen LogP contribution in [0.2, 0.25) is 0 Å². The number of nitrogens with zero attached hydrogens (tertiary/aromatic N) is 1. The molecule has 1 unspecified atom stereocenters. The minimum atomic E-state index is 0.0353. The molecule has 0 spiro atoms. The number of nitrogens with two attached hydrogens (primary N) is 1. The molecule has 2 aromatic rings. The Hall–Kier alpha value is -1.59. The third-order valence-corrected chi connectivity index (χ3v) is 5.13. The molecule has 2 N–H and O–H groups in total. The predicted octanol–water partition coefficient (Wildman–Crippen LogP) is 3.04. The number of hydrogen-bond donors (Lipinski definition) is 1. The molecule has 1 aliphatic heterocycles. The van der Waals surface area contributed by atoms with Gasteiger partial charge in [0.15, 0.2) is 0 Å². The molecule has 5 heteroatoms. The van der Waals surface area contributed by atoms with E-state index in [1.54, 1.807) is 0 Å². The molecule has 1 aromatic heterocycles. The van der Waals surface area contributed by atoms with Crippen molar-refractivity contribution in [3.05, 3.63) is 28.6 Å². The van der Waals surface area contributed by atoms with E-state index < -0.39 is 0 Å². The number of carbonyl (C=O) groups excluding carboxylic acids is 1. The second-order valence-electron chi connectivity index (χ2n) is 5.50. The van der Waals surface area contributed by atoms with Gasteiger partial charge < -0.3 is 15.4 Å². The number of thiophene rings is 1. The van der Waals surface area contributed by atoms with E-state index in [0.29, 0.717) is 30.3 Å². The lowest BCUT2D eigenvalue weighted by atomic mass is 10.1. The molecule has 0 radical (unpaired) electrons. The molecule has 3 rings (SSSR count). The minimum absolute atomic E-state index is 0.0353. The minimum Gasteiger partial charge on any atom is -0.397 e. The summed E-state index contributed by atoms with van der Waals surface area (Å²) in [6.45, 7) is 6.01. The smallest absolute Gasteiger partial charge is 0.266 e. The van der Waals surface area contributed by atoms with Crippen molar-refractivity contribution in [2.45, 2.75) is 26.4 Å². The van der Waals surface area contributed by atoms with Crippen molar-refractivity contribution >= 4 is 33.0 Å². The molecule has 112 valence electrons. The predicted molar refractivity (Wildman–Crippen MR) is 86.9 cm³/mol. The van der Waals surface area contributed by atoms with Gasteiger partial charge in [0.1, 0.15) is 4.88 Å². The molecule has 0 aliphatic carbocycles. The van der Waals surface area contributed by atoms with Gasteiger partial charge in [-0.3, -0.25) is 4.79 Å². The lowest BCUT2D eigenvalue weighted by molar-refractivity contribution is -0.0224. The number of ether oxygens (including phenoxy) is 1. The Morgan fingerprint density at radius 2 is 2.33 bits per heavy atom. The highest BCUT2D eigenvalue weighted by molar-refractivity contribution is 7.21. The van der Waals surface area contributed by atoms with E-state index in [0.717, 1.165) is 22.1 Å². The zero-order valence-corrected chi connectivity index (χ0v) is 13.2. The van der Waals surface area contributed by atoms with Gasteiger partial charge in [-0.15, -0.1) is 11.3 Å². The van der Waals surface area contributed by atoms with Crippen LogP contribution >= 0.6 is 11.3 Å². The van der Waals surface area contributed by atoms with E-state index in [1.807, 2.05) is 30.0 Å². The summed E-state index contributed by atoms with van der Waals surface area (Å²) in [5.41, 5.74) is 7.98. The number of carbonyl (C=O) groups is 1. The molecule has 4 nitrogen and oxygen atoms in total. The topological polar surface area (TPSA) is 55.6 Å². The average molecular weight is 304 g/mol. The fourth-order valence-corrected chi connectivity index (χ4v) is 3.75. The van der Waals surface area contributed by atoms with Crippen molar-refractivity contribution in [3.8, 4) is 0 Å². The highest BCUT2D eigenvalue weighted by Gasteiger charge is 2.27. The summed E-state index contributed by atoms with van der Waals surface area (Å²) >= 11 is 1.49. The molecule has 0 bridgehead atoms. The maximum Gasteiger partial charge on any atom is 0.266 e. The van der Waals surface area contributed by atoms with Crippen LogP contribution < -0.4 is 5.73 Å². The summed E-state index contributed by atoms with van der Waals surface area (Å²) in [5, 5.41) is 0.989. The number of morpholine rings is 1. The summed E-state index contributed by atoms with van der Waals surface area (Å²) < 4.78 is 6.70. The van der Waals surface area contributed by atoms with E-state index >= 15 is 0 Å². The zero-order chi connectivity index (χ0) is 15.0. The summed E-state index contributed by atoms with van der Waals surface area (Å²) in [4.78, 5) is 15.3. The highest BCUT2D eigenvalue weighted by atomic mass is 32.1. The number of benzene rings is 1. The van der Waals surface area contributed by atoms with Gasteiger partial charge in [0.05, 0.1) is 18.4 Å². The molecule has 1 fully saturated rings. The third-order valence-electron chi connectivity index (χ3n) is 3.96. The van der Waals surface area contributed by atoms with Gasteiger partial charge in [-0.2, -0.15) is 0 Å². The number of rotatable bonds is 2. The number of amides is 1. The van der Waals surface area contributed by atoms with E-state index in [4.69, 9.17) is 10.5 Å². The Bertz CT molecular complexity index is 680. The van der Waals surface area contributed by atoms with Crippen LogP contribution in [0.25, 0.3) is 10.1 Å². The van der Waals surface area contributed by atoms with Crippen LogP contribution in [0.1, 0.15) is 28.6 Å². The fourth-order valence-electron chi connectivity index (χ4n) is 2.68. The molecule has 1 amide bonds. The maximum atomic E-state index is 12.7. The van der Waals surface area contributed by atoms with Gasteiger partial charge in [-0.25, -0.2) is 0 Å². The van der Waals surface area contributed by atoms with Gasteiger partial charge in [0.25, 0.3) is 5.91 Å². The van der Waals surface area contributed by atoms with Crippen molar-refractivity contribution in [3.63, 3.8) is 0 Å². The molecule has 0 saturated carbocycles. The normalized spacial score (nSPS) is 19.1. The van der Waals surface area contributed by atoms with Crippen LogP contribution in [0.4, 0.5) is 5.69 Å². The lowest BCUT2D eigenvalue weighted by Gasteiger charge is -2.32. The Labute approximate surface area is 128 Å². The van der Waals surface area contributed by atoms with Crippen molar-refractivity contribution in [2.75, 3.05) is 25.4 Å². The van der Waals surface area contributed by atoms with Crippen LogP contribution in [-0.4, -0.2) is 36.6 Å². The number of anilines is 1. The molecule has 1 aliphatic rings. The Kier molecular flexibility index (Phi) is 3.87. The first kappa shape index (κ1) is 14.4. The first-order chi connectivity index (χ1) is 10.1. The van der Waals surface area contributed by atoms with Crippen molar-refractivity contribution in [2.24, 2.45) is 0 Å². The maximum absolute atomic E-state index is 12.7. The molecular formula is C16H20N2O2S. The number of aryl methyl sites for hydroxylation is 1. The van der Waals surface area contributed by atoms with Crippen LogP contribution in [-0.2, 0) is 4.74 Å². The van der Waals surface area contributed by atoms with Gasteiger partial charge in [0.2, 0.25) is 0 Å².